The summed E-state index contributed by atoms with van der Waals surface area (Å²) >= 11 is 0. The number of nitrogens with zero attached hydrogens (tertiary/aromatic N) is 1. The van der Waals surface area contributed by atoms with Gasteiger partial charge >= 0.3 is 0 Å². The first-order chi connectivity index (χ1) is 14.2. The van der Waals surface area contributed by atoms with E-state index in [4.69, 9.17) is 9.47 Å². The van der Waals surface area contributed by atoms with Crippen LogP contribution >= 0.6 is 0 Å². The molecule has 1 unspecified atom stereocenters. The summed E-state index contributed by atoms with van der Waals surface area (Å²) in [5, 5.41) is 0. The third kappa shape index (κ3) is 8.53. The Kier molecular flexibility index (Phi) is 9.45. The van der Waals surface area contributed by atoms with Crippen molar-refractivity contribution >= 4 is 18.1 Å². The lowest BCUT2D eigenvalue weighted by Gasteiger charge is -2.22. The molecule has 1 heterocycles. The van der Waals surface area contributed by atoms with Gasteiger partial charge < -0.3 is 9.47 Å². The quantitative estimate of drug-likeness (QED) is 0.273. The van der Waals surface area contributed by atoms with Gasteiger partial charge in [0.25, 0.3) is 10.0 Å². The molecule has 1 saturated heterocycles. The second-order valence-corrected chi connectivity index (χ2v) is 15.0. The van der Waals surface area contributed by atoms with E-state index >= 15 is 0 Å². The smallest absolute Gasteiger partial charge is 0.270 e. The van der Waals surface area contributed by atoms with E-state index in [0.717, 1.165) is 31.4 Å². The number of hydrogen-bond donors (Lipinski definition) is 0. The van der Waals surface area contributed by atoms with Crippen molar-refractivity contribution in [2.75, 3.05) is 19.8 Å². The van der Waals surface area contributed by atoms with E-state index in [1.54, 1.807) is 24.3 Å². The minimum Gasteiger partial charge on any atom is -0.353 e. The second-order valence-electron chi connectivity index (χ2n) is 8.40. The summed E-state index contributed by atoms with van der Waals surface area (Å²) in [6.45, 7) is 9.73. The van der Waals surface area contributed by atoms with Gasteiger partial charge in [-0.3, -0.25) is 0 Å². The largest absolute Gasteiger partial charge is 0.353 e. The first-order valence-corrected chi connectivity index (χ1v) is 15.4. The first kappa shape index (κ1) is 24.5. The molecule has 5 nitrogen and oxygen atoms in total. The molecule has 0 aliphatic carbocycles. The van der Waals surface area contributed by atoms with Crippen LogP contribution in [0.3, 0.4) is 0 Å². The highest BCUT2D eigenvalue weighted by Crippen LogP contribution is 2.16. The Balaban J connectivity index is 1.95. The molecule has 1 aliphatic heterocycles. The molecule has 0 spiro atoms. The van der Waals surface area contributed by atoms with E-state index in [9.17, 15) is 8.42 Å². The van der Waals surface area contributed by atoms with Gasteiger partial charge in [-0.15, -0.1) is 17.4 Å². The van der Waals surface area contributed by atoms with Gasteiger partial charge in [0.15, 0.2) is 6.29 Å². The van der Waals surface area contributed by atoms with E-state index in [-0.39, 0.29) is 17.7 Å². The highest BCUT2D eigenvalue weighted by Gasteiger charge is 2.22. The molecule has 0 bridgehead atoms. The van der Waals surface area contributed by atoms with Crippen molar-refractivity contribution in [2.45, 2.75) is 69.9 Å². The monoisotopic (exact) mass is 447 g/mol. The van der Waals surface area contributed by atoms with Gasteiger partial charge in [0.05, 0.1) is 18.0 Å². The standard InChI is InChI=1S/C23H33NO4SSi/c1-21-12-14-22(15-13-21)29(25,26)24(17-20-30(2,3)4)16-8-5-6-9-18-27-23-11-7-10-19-28-23/h12-15,23H,7-11,16,18-19H2,1-4H3. The van der Waals surface area contributed by atoms with E-state index in [1.807, 2.05) is 6.92 Å². The molecule has 0 N–H and O–H groups in total. The Labute approximate surface area is 183 Å². The number of ether oxygens (including phenoxy) is 2. The zero-order valence-corrected chi connectivity index (χ0v) is 20.3. The molecule has 2 rings (SSSR count). The van der Waals surface area contributed by atoms with Gasteiger partial charge in [-0.25, -0.2) is 12.7 Å². The Morgan fingerprint density at radius 2 is 1.83 bits per heavy atom. The maximum absolute atomic E-state index is 13.1. The summed E-state index contributed by atoms with van der Waals surface area (Å²) in [7, 11) is -5.40. The van der Waals surface area contributed by atoms with Crippen molar-refractivity contribution in [3.05, 3.63) is 29.8 Å². The number of benzene rings is 1. The van der Waals surface area contributed by atoms with Crippen molar-refractivity contribution in [3.63, 3.8) is 0 Å². The van der Waals surface area contributed by atoms with Crippen LogP contribution < -0.4 is 0 Å². The third-order valence-corrected chi connectivity index (χ3v) is 6.98. The van der Waals surface area contributed by atoms with E-state index in [1.165, 1.54) is 4.31 Å². The molecule has 0 radical (unpaired) electrons. The molecule has 1 aliphatic rings. The minimum absolute atomic E-state index is 0.104. The zero-order chi connectivity index (χ0) is 22.0. The van der Waals surface area contributed by atoms with Gasteiger partial charge in [0, 0.05) is 25.5 Å². The van der Waals surface area contributed by atoms with Crippen LogP contribution in [0.15, 0.2) is 29.2 Å². The summed E-state index contributed by atoms with van der Waals surface area (Å²) in [4.78, 5) is 0.256. The van der Waals surface area contributed by atoms with Crippen LogP contribution in [-0.2, 0) is 19.5 Å². The summed E-state index contributed by atoms with van der Waals surface area (Å²) < 4.78 is 38.5. The third-order valence-electron chi connectivity index (χ3n) is 4.40. The van der Waals surface area contributed by atoms with Gasteiger partial charge in [0.2, 0.25) is 0 Å². The predicted octanol–water partition coefficient (Wildman–Crippen LogP) is 4.15. The molecule has 30 heavy (non-hydrogen) atoms. The van der Waals surface area contributed by atoms with Crippen molar-refractivity contribution in [1.29, 1.82) is 0 Å². The van der Waals surface area contributed by atoms with Crippen molar-refractivity contribution in [1.82, 2.24) is 4.31 Å². The lowest BCUT2D eigenvalue weighted by atomic mass is 10.2. The lowest BCUT2D eigenvalue weighted by Crippen LogP contribution is -2.29. The Morgan fingerprint density at radius 1 is 1.13 bits per heavy atom. The Bertz CT molecular complexity index is 893. The van der Waals surface area contributed by atoms with Crippen LogP contribution in [0.4, 0.5) is 0 Å². The minimum atomic E-state index is -3.68. The van der Waals surface area contributed by atoms with Crippen LogP contribution in [-0.4, -0.2) is 46.8 Å². The van der Waals surface area contributed by atoms with E-state index in [0.29, 0.717) is 19.4 Å². The Morgan fingerprint density at radius 3 is 2.47 bits per heavy atom. The molecule has 1 atom stereocenters. The van der Waals surface area contributed by atoms with Gasteiger partial charge in [0.1, 0.15) is 8.07 Å². The maximum atomic E-state index is 13.1. The van der Waals surface area contributed by atoms with Crippen molar-refractivity contribution in [3.8, 4) is 23.4 Å². The molecule has 1 fully saturated rings. The molecular formula is C23H33NO4SSi. The molecular weight excluding hydrogens is 414 g/mol. The topological polar surface area (TPSA) is 55.8 Å². The van der Waals surface area contributed by atoms with Gasteiger partial charge in [-0.05, 0) is 38.3 Å². The molecule has 1 aromatic carbocycles. The van der Waals surface area contributed by atoms with Crippen molar-refractivity contribution < 1.29 is 17.9 Å². The van der Waals surface area contributed by atoms with Gasteiger partial charge in [-0.1, -0.05) is 37.3 Å². The molecule has 0 amide bonds. The summed E-state index contributed by atoms with van der Waals surface area (Å²) in [6.07, 6.45) is 4.10. The van der Waals surface area contributed by atoms with Crippen LogP contribution in [0.25, 0.3) is 0 Å². The van der Waals surface area contributed by atoms with Crippen LogP contribution in [0.5, 0.6) is 0 Å². The van der Waals surface area contributed by atoms with Crippen LogP contribution in [0, 0.1) is 30.4 Å². The fourth-order valence-corrected chi connectivity index (χ4v) is 4.51. The predicted molar refractivity (Wildman–Crippen MR) is 123 cm³/mol. The molecule has 7 heteroatoms. The average molecular weight is 448 g/mol. The number of hydrogen-bond acceptors (Lipinski definition) is 4. The number of rotatable bonds is 7. The van der Waals surface area contributed by atoms with Crippen LogP contribution in [0.1, 0.15) is 37.7 Å². The normalized spacial score (nSPS) is 16.7. The molecule has 0 aromatic heterocycles. The lowest BCUT2D eigenvalue weighted by molar-refractivity contribution is -0.161. The fraction of sp³-hybridized carbons (Fsp3) is 0.565. The Hall–Kier alpha value is -1.77. The number of sulfonamides is 1. The summed E-state index contributed by atoms with van der Waals surface area (Å²) in [6, 6.07) is 9.76. The molecule has 164 valence electrons. The highest BCUT2D eigenvalue weighted by atomic mass is 32.2. The second kappa shape index (κ2) is 11.6. The summed E-state index contributed by atoms with van der Waals surface area (Å²) in [5.41, 5.74) is 4.17. The van der Waals surface area contributed by atoms with Gasteiger partial charge in [-0.2, -0.15) is 0 Å². The molecule has 1 aromatic rings. The highest BCUT2D eigenvalue weighted by molar-refractivity contribution is 7.89. The number of aryl methyl sites for hydroxylation is 1. The van der Waals surface area contributed by atoms with Crippen LogP contribution in [0.2, 0.25) is 19.6 Å². The van der Waals surface area contributed by atoms with E-state index < -0.39 is 18.1 Å². The summed E-state index contributed by atoms with van der Waals surface area (Å²) in [5.74, 6) is 6.11. The zero-order valence-electron chi connectivity index (χ0n) is 18.5. The van der Waals surface area contributed by atoms with E-state index in [2.05, 4.69) is 43.1 Å². The SMILES string of the molecule is Cc1ccc(S(=O)(=O)N(C#C[Si](C)(C)C)CCC#CCCOC2CCCCO2)cc1. The maximum Gasteiger partial charge on any atom is 0.270 e. The first-order valence-electron chi connectivity index (χ1n) is 10.5. The average Bonchev–Trinajstić information content (AvgIpc) is 2.69. The fourth-order valence-electron chi connectivity index (χ4n) is 2.72. The molecule has 0 saturated carbocycles. The van der Waals surface area contributed by atoms with Crippen molar-refractivity contribution in [2.24, 2.45) is 0 Å².